The van der Waals surface area contributed by atoms with Gasteiger partial charge in [0.25, 0.3) is 5.91 Å². The smallest absolute Gasteiger partial charge is 0.258 e. The van der Waals surface area contributed by atoms with E-state index in [0.717, 1.165) is 73.0 Å². The van der Waals surface area contributed by atoms with Crippen molar-refractivity contribution in [1.29, 1.82) is 0 Å². The number of benzene rings is 2. The predicted molar refractivity (Wildman–Crippen MR) is 170 cm³/mol. The zero-order chi connectivity index (χ0) is 29.5. The minimum absolute atomic E-state index is 0.0816. The summed E-state index contributed by atoms with van der Waals surface area (Å²) in [6.07, 6.45) is 14.0. The summed E-state index contributed by atoms with van der Waals surface area (Å²) in [4.78, 5) is 39.1. The van der Waals surface area contributed by atoms with Crippen molar-refractivity contribution in [3.05, 3.63) is 93.4 Å². The molecule has 1 N–H and O–H groups in total. The van der Waals surface area contributed by atoms with Crippen LogP contribution in [0.2, 0.25) is 0 Å². The Labute approximate surface area is 253 Å². The van der Waals surface area contributed by atoms with Crippen LogP contribution in [0.5, 0.6) is 0 Å². The quantitative estimate of drug-likeness (QED) is 0.241. The maximum absolute atomic E-state index is 15.7. The molecule has 2 unspecified atom stereocenters. The first-order chi connectivity index (χ1) is 21.0. The molecule has 0 radical (unpaired) electrons. The number of likely N-dealkylation sites (tertiary alicyclic amines) is 1. The summed E-state index contributed by atoms with van der Waals surface area (Å²) in [5.41, 5.74) is 3.71. The number of rotatable bonds is 6. The fourth-order valence-corrected chi connectivity index (χ4v) is 8.08. The number of hydrogen-bond donors (Lipinski definition) is 1. The Morgan fingerprint density at radius 1 is 1.16 bits per heavy atom. The molecular weight excluding hydrogens is 561 g/mol. The lowest BCUT2D eigenvalue weighted by molar-refractivity contribution is 0.0951. The van der Waals surface area contributed by atoms with Crippen LogP contribution in [0.3, 0.4) is 0 Å². The summed E-state index contributed by atoms with van der Waals surface area (Å²) in [5, 5.41) is 3.21. The monoisotopic (exact) mass is 595 g/mol. The lowest BCUT2D eigenvalue weighted by Crippen LogP contribution is -2.34. The van der Waals surface area contributed by atoms with Gasteiger partial charge in [0.2, 0.25) is 5.43 Å². The van der Waals surface area contributed by atoms with E-state index in [0.29, 0.717) is 28.5 Å². The van der Waals surface area contributed by atoms with Gasteiger partial charge in [-0.05, 0) is 82.8 Å². The van der Waals surface area contributed by atoms with Gasteiger partial charge in [-0.15, -0.1) is 11.3 Å². The van der Waals surface area contributed by atoms with Gasteiger partial charge in [0.05, 0.1) is 21.4 Å². The van der Waals surface area contributed by atoms with Crippen molar-refractivity contribution in [2.75, 3.05) is 20.1 Å². The number of para-hydroxylation sites is 1. The third-order valence-electron chi connectivity index (χ3n) is 9.14. The van der Waals surface area contributed by atoms with E-state index in [1.807, 2.05) is 40.9 Å². The van der Waals surface area contributed by atoms with Gasteiger partial charge in [-0.3, -0.25) is 24.0 Å². The average molecular weight is 596 g/mol. The molecule has 1 saturated carbocycles. The highest BCUT2D eigenvalue weighted by molar-refractivity contribution is 7.24. The number of hydrogen-bond acceptors (Lipinski definition) is 6. The van der Waals surface area contributed by atoms with Crippen LogP contribution in [0.1, 0.15) is 72.5 Å². The molecule has 1 aliphatic heterocycles. The highest BCUT2D eigenvalue weighted by atomic mass is 32.1. The highest BCUT2D eigenvalue weighted by Gasteiger charge is 2.25. The van der Waals surface area contributed by atoms with E-state index in [9.17, 15) is 9.59 Å². The topological polar surface area (TPSA) is 79.6 Å². The molecule has 220 valence electrons. The molecule has 9 heteroatoms. The SMILES string of the molecule is CN1CCCC1CCNC(=O)c1c(=O)c2cc(F)c(/C=C3/CCCC(c4cnccn4)C3)cc2n2c1sc1ccccc12. The number of fused-ring (bicyclic) bond motifs is 5. The lowest BCUT2D eigenvalue weighted by Gasteiger charge is -2.23. The van der Waals surface area contributed by atoms with Crippen molar-refractivity contribution in [2.45, 2.75) is 56.9 Å². The third kappa shape index (κ3) is 5.25. The van der Waals surface area contributed by atoms with Crippen LogP contribution in [-0.2, 0) is 0 Å². The van der Waals surface area contributed by atoms with Crippen LogP contribution < -0.4 is 10.7 Å². The Morgan fingerprint density at radius 2 is 2.05 bits per heavy atom. The van der Waals surface area contributed by atoms with Crippen molar-refractivity contribution < 1.29 is 9.18 Å². The average Bonchev–Trinajstić information content (AvgIpc) is 3.61. The van der Waals surface area contributed by atoms with E-state index in [2.05, 4.69) is 27.2 Å². The Bertz CT molecular complexity index is 1930. The van der Waals surface area contributed by atoms with E-state index in [1.54, 1.807) is 18.5 Å². The van der Waals surface area contributed by atoms with Gasteiger partial charge in [-0.1, -0.05) is 23.8 Å². The van der Waals surface area contributed by atoms with Crippen LogP contribution in [0.4, 0.5) is 4.39 Å². The Balaban J connectivity index is 1.29. The first kappa shape index (κ1) is 27.9. The Hall–Kier alpha value is -3.95. The Morgan fingerprint density at radius 3 is 2.86 bits per heavy atom. The van der Waals surface area contributed by atoms with Crippen LogP contribution >= 0.6 is 11.3 Å². The maximum atomic E-state index is 15.7. The Kier molecular flexibility index (Phi) is 7.53. The number of halogens is 1. The number of carbonyl (C=O) groups is 1. The molecule has 2 aliphatic rings. The van der Waals surface area contributed by atoms with E-state index in [1.165, 1.54) is 17.4 Å². The van der Waals surface area contributed by atoms with Crippen LogP contribution in [-0.4, -0.2) is 51.4 Å². The number of aromatic nitrogens is 3. The summed E-state index contributed by atoms with van der Waals surface area (Å²) >= 11 is 1.42. The standard InChI is InChI=1S/C34H34FN5O2S/c1-39-15-5-8-24(39)11-12-38-33(42)31-32(41)25-19-26(35)23(17-21-6-4-7-22(16-21)27-20-36-13-14-37-27)18-29(25)40-28-9-2-3-10-30(28)43-34(31)40/h2-3,9-10,13-14,17-20,22,24H,4-8,11-12,15-16H2,1H3,(H,38,42)/b21-17-. The van der Waals surface area contributed by atoms with Crippen LogP contribution in [0.25, 0.3) is 32.0 Å². The van der Waals surface area contributed by atoms with Crippen molar-refractivity contribution >= 4 is 49.3 Å². The third-order valence-corrected chi connectivity index (χ3v) is 10.3. The molecule has 0 spiro atoms. The van der Waals surface area contributed by atoms with Crippen LogP contribution in [0.15, 0.2) is 65.4 Å². The molecule has 2 atom stereocenters. The van der Waals surface area contributed by atoms with Gasteiger partial charge in [-0.25, -0.2) is 4.39 Å². The molecule has 7 rings (SSSR count). The van der Waals surface area contributed by atoms with E-state index < -0.39 is 17.2 Å². The minimum Gasteiger partial charge on any atom is -0.352 e. The van der Waals surface area contributed by atoms with Crippen molar-refractivity contribution in [3.8, 4) is 0 Å². The minimum atomic E-state index is -0.464. The lowest BCUT2D eigenvalue weighted by atomic mass is 9.83. The first-order valence-corrected chi connectivity index (χ1v) is 15.9. The van der Waals surface area contributed by atoms with E-state index in [4.69, 9.17) is 0 Å². The molecule has 1 amide bonds. The number of nitrogens with one attached hydrogen (secondary N) is 1. The van der Waals surface area contributed by atoms with Gasteiger partial charge in [0.15, 0.2) is 0 Å². The molecule has 2 aromatic carbocycles. The van der Waals surface area contributed by atoms with Crippen LogP contribution in [0, 0.1) is 5.82 Å². The number of nitrogens with zero attached hydrogens (tertiary/aromatic N) is 4. The van der Waals surface area contributed by atoms with Gasteiger partial charge >= 0.3 is 0 Å². The largest absolute Gasteiger partial charge is 0.352 e. The van der Waals surface area contributed by atoms with Gasteiger partial charge < -0.3 is 10.2 Å². The molecule has 43 heavy (non-hydrogen) atoms. The molecular formula is C34H34FN5O2S. The second kappa shape index (κ2) is 11.6. The zero-order valence-electron chi connectivity index (χ0n) is 24.2. The summed E-state index contributed by atoms with van der Waals surface area (Å²) < 4.78 is 18.7. The molecule has 2 fully saturated rings. The summed E-state index contributed by atoms with van der Waals surface area (Å²) in [5.74, 6) is -0.614. The molecule has 1 saturated heterocycles. The summed E-state index contributed by atoms with van der Waals surface area (Å²) in [6.45, 7) is 1.55. The summed E-state index contributed by atoms with van der Waals surface area (Å²) in [7, 11) is 2.11. The molecule has 3 aromatic heterocycles. The second-order valence-corrected chi connectivity index (χ2v) is 12.9. The van der Waals surface area contributed by atoms with Gasteiger partial charge in [-0.2, -0.15) is 0 Å². The molecule has 1 aliphatic carbocycles. The van der Waals surface area contributed by atoms with E-state index in [-0.39, 0.29) is 16.9 Å². The van der Waals surface area contributed by atoms with Gasteiger partial charge in [0, 0.05) is 48.0 Å². The fourth-order valence-electron chi connectivity index (χ4n) is 6.88. The number of amides is 1. The molecule has 0 bridgehead atoms. The van der Waals surface area contributed by atoms with Crippen molar-refractivity contribution in [3.63, 3.8) is 0 Å². The summed E-state index contributed by atoms with van der Waals surface area (Å²) in [6, 6.07) is 11.4. The molecule has 7 nitrogen and oxygen atoms in total. The second-order valence-electron chi connectivity index (χ2n) is 11.9. The predicted octanol–water partition coefficient (Wildman–Crippen LogP) is 6.55. The number of allylic oxidation sites excluding steroid dienone is 1. The normalized spacial score (nSPS) is 20.5. The van der Waals surface area contributed by atoms with Crippen molar-refractivity contribution in [1.82, 2.24) is 24.6 Å². The highest BCUT2D eigenvalue weighted by Crippen LogP contribution is 2.37. The first-order valence-electron chi connectivity index (χ1n) is 15.1. The van der Waals surface area contributed by atoms with Crippen molar-refractivity contribution in [2.24, 2.45) is 0 Å². The molecule has 5 aromatic rings. The van der Waals surface area contributed by atoms with E-state index >= 15 is 4.39 Å². The van der Waals surface area contributed by atoms with Gasteiger partial charge in [0.1, 0.15) is 16.2 Å². The fraction of sp³-hybridized carbons (Fsp3) is 0.353. The zero-order valence-corrected chi connectivity index (χ0v) is 25.0. The number of thiazole rings is 1. The number of carbonyl (C=O) groups excluding carboxylic acids is 1. The number of pyridine rings is 1. The molecule has 4 heterocycles. The maximum Gasteiger partial charge on any atom is 0.258 e.